The first-order valence-electron chi connectivity index (χ1n) is 6.31. The zero-order valence-corrected chi connectivity index (χ0v) is 14.7. The Balaban J connectivity index is 2.05. The Morgan fingerprint density at radius 1 is 1.32 bits per heavy atom. The summed E-state index contributed by atoms with van der Waals surface area (Å²) in [6.45, 7) is 0.224. The zero-order chi connectivity index (χ0) is 15.5. The lowest BCUT2D eigenvalue weighted by Gasteiger charge is -2.32. The van der Waals surface area contributed by atoms with Crippen LogP contribution < -0.4 is 10.5 Å². The van der Waals surface area contributed by atoms with Crippen molar-refractivity contribution in [2.45, 2.75) is 5.54 Å². The van der Waals surface area contributed by atoms with Gasteiger partial charge in [0.2, 0.25) is 5.88 Å². The molecular formula is C14H8BrFIN3O2. The second-order valence-electron chi connectivity index (χ2n) is 4.97. The summed E-state index contributed by atoms with van der Waals surface area (Å²) >= 11 is 5.37. The molecule has 22 heavy (non-hydrogen) atoms. The first-order chi connectivity index (χ1) is 10.5. The number of fused-ring (bicyclic) bond motifs is 4. The van der Waals surface area contributed by atoms with E-state index in [1.165, 1.54) is 6.07 Å². The Hall–Kier alpha value is -1.42. The van der Waals surface area contributed by atoms with Gasteiger partial charge in [0, 0.05) is 21.4 Å². The molecule has 1 unspecified atom stereocenters. The Bertz CT molecular complexity index is 845. The molecule has 0 fully saturated rings. The first kappa shape index (κ1) is 14.2. The van der Waals surface area contributed by atoms with Crippen molar-refractivity contribution in [1.29, 1.82) is 0 Å². The molecule has 0 aliphatic carbocycles. The molecule has 1 aromatic heterocycles. The minimum Gasteiger partial charge on any atom is -0.462 e. The van der Waals surface area contributed by atoms with Gasteiger partial charge in [-0.25, -0.2) is 14.4 Å². The van der Waals surface area contributed by atoms with Gasteiger partial charge in [0.05, 0.1) is 10.0 Å². The molecule has 0 saturated heterocycles. The molecule has 0 radical (unpaired) electrons. The average Bonchev–Trinajstić information content (AvgIpc) is 2.86. The lowest BCUT2D eigenvalue weighted by Crippen LogP contribution is -2.31. The highest BCUT2D eigenvalue weighted by Gasteiger charge is 2.48. The van der Waals surface area contributed by atoms with E-state index < -0.39 is 11.4 Å². The number of aliphatic imine (C=N–C) groups is 1. The van der Waals surface area contributed by atoms with Gasteiger partial charge < -0.3 is 15.2 Å². The summed E-state index contributed by atoms with van der Waals surface area (Å²) in [7, 11) is 0. The van der Waals surface area contributed by atoms with E-state index in [-0.39, 0.29) is 12.6 Å². The number of nitrogens with two attached hydrogens (primary N) is 1. The molecule has 1 atom stereocenters. The predicted octanol–water partition coefficient (Wildman–Crippen LogP) is 3.28. The highest BCUT2D eigenvalue weighted by atomic mass is 127. The van der Waals surface area contributed by atoms with Gasteiger partial charge in [-0.15, -0.1) is 0 Å². The zero-order valence-electron chi connectivity index (χ0n) is 10.9. The van der Waals surface area contributed by atoms with Crippen molar-refractivity contribution in [3.05, 3.63) is 49.4 Å². The fourth-order valence-electron chi connectivity index (χ4n) is 2.70. The average molecular weight is 476 g/mol. The van der Waals surface area contributed by atoms with Crippen LogP contribution in [0.5, 0.6) is 11.6 Å². The van der Waals surface area contributed by atoms with Crippen LogP contribution in [0.2, 0.25) is 0 Å². The molecule has 2 N–H and O–H groups in total. The summed E-state index contributed by atoms with van der Waals surface area (Å²) in [5, 5.41) is 0. The highest BCUT2D eigenvalue weighted by molar-refractivity contribution is 14.1. The molecular weight excluding hydrogens is 468 g/mol. The number of benzene rings is 1. The molecule has 0 amide bonds. The maximum Gasteiger partial charge on any atom is 0.283 e. The summed E-state index contributed by atoms with van der Waals surface area (Å²) in [5.74, 6) is 0.333. The maximum absolute atomic E-state index is 13.9. The maximum atomic E-state index is 13.9. The van der Waals surface area contributed by atoms with Crippen LogP contribution in [0.4, 0.5) is 4.39 Å². The Morgan fingerprint density at radius 2 is 2.14 bits per heavy atom. The summed E-state index contributed by atoms with van der Waals surface area (Å²) in [6, 6.07) is 4.99. The van der Waals surface area contributed by atoms with Gasteiger partial charge in [0.1, 0.15) is 18.2 Å². The van der Waals surface area contributed by atoms with E-state index in [0.29, 0.717) is 21.7 Å². The second kappa shape index (κ2) is 4.79. The monoisotopic (exact) mass is 475 g/mol. The Kier molecular flexibility index (Phi) is 3.09. The fraction of sp³-hybridized carbons (Fsp3) is 0.143. The molecule has 0 saturated carbocycles. The molecule has 3 heterocycles. The molecule has 1 aromatic carbocycles. The summed E-state index contributed by atoms with van der Waals surface area (Å²) in [6.07, 6.45) is 1.68. The molecule has 112 valence electrons. The van der Waals surface area contributed by atoms with E-state index >= 15 is 0 Å². The van der Waals surface area contributed by atoms with Gasteiger partial charge >= 0.3 is 0 Å². The third-order valence-corrected chi connectivity index (χ3v) is 4.87. The standard InChI is InChI=1S/C14H8BrFIN3O2/c15-9-2-7-11(3-10(9)16)22-12-8(1-6(17)4-19-12)14(7)5-21-13(18)20-14/h1-4H,5H2,(H2,18,20). The lowest BCUT2D eigenvalue weighted by atomic mass is 9.82. The number of ether oxygens (including phenoxy) is 2. The van der Waals surface area contributed by atoms with Crippen LogP contribution in [0.1, 0.15) is 11.1 Å². The van der Waals surface area contributed by atoms with E-state index in [1.54, 1.807) is 12.3 Å². The first-order valence-corrected chi connectivity index (χ1v) is 8.18. The summed E-state index contributed by atoms with van der Waals surface area (Å²) < 4.78 is 26.3. The van der Waals surface area contributed by atoms with E-state index in [9.17, 15) is 4.39 Å². The summed E-state index contributed by atoms with van der Waals surface area (Å²) in [4.78, 5) is 8.76. The Labute approximate surface area is 147 Å². The number of halogens is 3. The molecule has 4 rings (SSSR count). The Morgan fingerprint density at radius 3 is 2.86 bits per heavy atom. The molecule has 8 heteroatoms. The van der Waals surface area contributed by atoms with Gasteiger partial charge in [0.25, 0.3) is 6.02 Å². The van der Waals surface area contributed by atoms with Crippen LogP contribution in [0.3, 0.4) is 0 Å². The fourth-order valence-corrected chi connectivity index (χ4v) is 3.49. The number of amidine groups is 1. The number of nitrogens with zero attached hydrogens (tertiary/aromatic N) is 2. The van der Waals surface area contributed by atoms with Crippen LogP contribution in [-0.2, 0) is 10.3 Å². The van der Waals surface area contributed by atoms with Gasteiger partial charge in [-0.05, 0) is 50.7 Å². The quantitative estimate of drug-likeness (QED) is 0.593. The number of hydrogen-bond donors (Lipinski definition) is 1. The van der Waals surface area contributed by atoms with Gasteiger partial charge in [-0.1, -0.05) is 0 Å². The minimum absolute atomic E-state index is 0.0955. The van der Waals surface area contributed by atoms with Crippen LogP contribution >= 0.6 is 38.5 Å². The smallest absolute Gasteiger partial charge is 0.283 e. The third kappa shape index (κ3) is 1.93. The van der Waals surface area contributed by atoms with E-state index in [1.807, 2.05) is 6.07 Å². The lowest BCUT2D eigenvalue weighted by molar-refractivity contribution is 0.262. The van der Waals surface area contributed by atoms with Crippen LogP contribution in [0.15, 0.2) is 33.9 Å². The van der Waals surface area contributed by atoms with Gasteiger partial charge in [-0.2, -0.15) is 0 Å². The van der Waals surface area contributed by atoms with Crippen molar-refractivity contribution in [3.8, 4) is 11.6 Å². The molecule has 5 nitrogen and oxygen atoms in total. The topological polar surface area (TPSA) is 69.7 Å². The highest BCUT2D eigenvalue weighted by Crippen LogP contribution is 2.51. The van der Waals surface area contributed by atoms with Crippen molar-refractivity contribution in [3.63, 3.8) is 0 Å². The van der Waals surface area contributed by atoms with Crippen molar-refractivity contribution < 1.29 is 13.9 Å². The van der Waals surface area contributed by atoms with E-state index in [0.717, 1.165) is 9.13 Å². The van der Waals surface area contributed by atoms with Crippen LogP contribution in [0.25, 0.3) is 0 Å². The van der Waals surface area contributed by atoms with Crippen LogP contribution in [-0.4, -0.2) is 17.6 Å². The largest absolute Gasteiger partial charge is 0.462 e. The molecule has 2 aromatic rings. The van der Waals surface area contributed by atoms with Gasteiger partial charge in [0.15, 0.2) is 5.54 Å². The normalized spacial score (nSPS) is 21.7. The number of rotatable bonds is 0. The van der Waals surface area contributed by atoms with Crippen LogP contribution in [0, 0.1) is 9.39 Å². The van der Waals surface area contributed by atoms with E-state index in [2.05, 4.69) is 48.5 Å². The third-order valence-electron chi connectivity index (χ3n) is 3.67. The molecule has 0 bridgehead atoms. The van der Waals surface area contributed by atoms with Crippen molar-refractivity contribution in [1.82, 2.24) is 4.98 Å². The molecule has 1 spiro atoms. The van der Waals surface area contributed by atoms with Crippen molar-refractivity contribution in [2.75, 3.05) is 6.61 Å². The minimum atomic E-state index is -0.864. The second-order valence-corrected chi connectivity index (χ2v) is 7.07. The van der Waals surface area contributed by atoms with Crippen molar-refractivity contribution >= 4 is 44.5 Å². The number of hydrogen-bond acceptors (Lipinski definition) is 5. The summed E-state index contributed by atoms with van der Waals surface area (Å²) in [5.41, 5.74) is 6.32. The van der Waals surface area contributed by atoms with Gasteiger partial charge in [-0.3, -0.25) is 0 Å². The molecule has 2 aliphatic heterocycles. The van der Waals surface area contributed by atoms with Crippen molar-refractivity contribution in [2.24, 2.45) is 10.7 Å². The molecule has 2 aliphatic rings. The number of pyridine rings is 1. The van der Waals surface area contributed by atoms with E-state index in [4.69, 9.17) is 15.2 Å². The number of aromatic nitrogens is 1. The SMILES string of the molecule is NC1=NC2(CO1)c1cc(Br)c(F)cc1Oc1ncc(I)cc12. The predicted molar refractivity (Wildman–Crippen MR) is 89.5 cm³/mol.